The summed E-state index contributed by atoms with van der Waals surface area (Å²) in [5.74, 6) is 0.866. The zero-order valence-corrected chi connectivity index (χ0v) is 20.2. The summed E-state index contributed by atoms with van der Waals surface area (Å²) in [6.45, 7) is 17.1. The van der Waals surface area contributed by atoms with Gasteiger partial charge in [-0.1, -0.05) is 37.6 Å². The maximum absolute atomic E-state index is 12.5. The third kappa shape index (κ3) is 6.89. The number of aryl methyl sites for hydroxylation is 2. The molecule has 1 aliphatic rings. The number of hydrogen-bond donors (Lipinski definition) is 1. The van der Waals surface area contributed by atoms with Crippen molar-refractivity contribution in [3.8, 4) is 0 Å². The Bertz CT molecular complexity index is 874. The second-order valence-corrected chi connectivity index (χ2v) is 9.16. The Morgan fingerprint density at radius 1 is 1.19 bits per heavy atom. The molecular weight excluding hydrogens is 404 g/mol. The molecule has 32 heavy (non-hydrogen) atoms. The maximum Gasteiger partial charge on any atom is 0.273 e. The summed E-state index contributed by atoms with van der Waals surface area (Å²) < 4.78 is 11.1. The number of amides is 1. The number of ether oxygens (including phenoxy) is 1. The first-order chi connectivity index (χ1) is 15.3. The Hall–Kier alpha value is -2.22. The molecule has 0 unspecified atom stereocenters. The van der Waals surface area contributed by atoms with Crippen molar-refractivity contribution in [2.45, 2.75) is 53.8 Å². The molecule has 7 heteroatoms. The molecular formula is C25H38N4O3. The van der Waals surface area contributed by atoms with Crippen LogP contribution in [0.25, 0.3) is 0 Å². The molecule has 1 amide bonds. The Kier molecular flexibility index (Phi) is 8.84. The Labute approximate surface area is 192 Å². The van der Waals surface area contributed by atoms with E-state index in [9.17, 15) is 4.79 Å². The number of hydrogen-bond acceptors (Lipinski definition) is 6. The number of aromatic nitrogens is 1. The number of oxazole rings is 1. The van der Waals surface area contributed by atoms with E-state index in [0.29, 0.717) is 36.6 Å². The predicted octanol–water partition coefficient (Wildman–Crippen LogP) is 3.40. The highest BCUT2D eigenvalue weighted by Gasteiger charge is 2.22. The largest absolute Gasteiger partial charge is 0.447 e. The smallest absolute Gasteiger partial charge is 0.273 e. The third-order valence-electron chi connectivity index (χ3n) is 6.36. The highest BCUT2D eigenvalue weighted by Crippen LogP contribution is 2.20. The number of nitrogens with one attached hydrogen (secondary N) is 1. The van der Waals surface area contributed by atoms with Crippen molar-refractivity contribution < 1.29 is 13.9 Å². The SMILES string of the molecule is Cc1ccc(C)c(CN(Cc2nc(C(=O)NCCN3CCOCC3)co2)[C@@H](C)C(C)C)c1. The van der Waals surface area contributed by atoms with Crippen LogP contribution in [-0.4, -0.2) is 66.1 Å². The molecule has 1 aromatic carbocycles. The van der Waals surface area contributed by atoms with Gasteiger partial charge >= 0.3 is 0 Å². The fraction of sp³-hybridized carbons (Fsp3) is 0.600. The summed E-state index contributed by atoms with van der Waals surface area (Å²) >= 11 is 0. The van der Waals surface area contributed by atoms with Gasteiger partial charge in [-0.3, -0.25) is 14.6 Å². The van der Waals surface area contributed by atoms with Crippen LogP contribution in [0, 0.1) is 19.8 Å². The van der Waals surface area contributed by atoms with Crippen LogP contribution in [0.2, 0.25) is 0 Å². The van der Waals surface area contributed by atoms with Gasteiger partial charge in [-0.15, -0.1) is 0 Å². The van der Waals surface area contributed by atoms with Crippen LogP contribution in [0.15, 0.2) is 28.9 Å². The average Bonchev–Trinajstić information content (AvgIpc) is 3.24. The molecule has 0 spiro atoms. The highest BCUT2D eigenvalue weighted by molar-refractivity contribution is 5.91. The van der Waals surface area contributed by atoms with Gasteiger partial charge in [0.1, 0.15) is 6.26 Å². The minimum absolute atomic E-state index is 0.189. The molecule has 2 heterocycles. The summed E-state index contributed by atoms with van der Waals surface area (Å²) in [6, 6.07) is 6.91. The molecule has 1 saturated heterocycles. The molecule has 0 saturated carbocycles. The summed E-state index contributed by atoms with van der Waals surface area (Å²) in [4.78, 5) is 21.7. The van der Waals surface area contributed by atoms with E-state index >= 15 is 0 Å². The third-order valence-corrected chi connectivity index (χ3v) is 6.36. The molecule has 1 N–H and O–H groups in total. The second kappa shape index (κ2) is 11.6. The minimum Gasteiger partial charge on any atom is -0.447 e. The van der Waals surface area contributed by atoms with E-state index in [1.807, 2.05) is 0 Å². The normalized spacial score (nSPS) is 16.0. The summed E-state index contributed by atoms with van der Waals surface area (Å²) in [7, 11) is 0. The van der Waals surface area contributed by atoms with Gasteiger partial charge in [0, 0.05) is 38.8 Å². The molecule has 1 atom stereocenters. The van der Waals surface area contributed by atoms with Gasteiger partial charge < -0.3 is 14.5 Å². The van der Waals surface area contributed by atoms with Crippen LogP contribution in [0.4, 0.5) is 0 Å². The lowest BCUT2D eigenvalue weighted by Crippen LogP contribution is -2.41. The lowest BCUT2D eigenvalue weighted by molar-refractivity contribution is 0.0383. The van der Waals surface area contributed by atoms with Gasteiger partial charge in [-0.25, -0.2) is 4.98 Å². The van der Waals surface area contributed by atoms with Crippen molar-refractivity contribution in [3.05, 3.63) is 52.7 Å². The van der Waals surface area contributed by atoms with E-state index in [1.54, 1.807) is 0 Å². The number of benzene rings is 1. The Morgan fingerprint density at radius 3 is 2.66 bits per heavy atom. The monoisotopic (exact) mass is 442 g/mol. The summed E-state index contributed by atoms with van der Waals surface area (Å²) in [6.07, 6.45) is 1.47. The van der Waals surface area contributed by atoms with Gasteiger partial charge in [-0.05, 0) is 37.8 Å². The van der Waals surface area contributed by atoms with Crippen LogP contribution in [0.1, 0.15) is 53.8 Å². The van der Waals surface area contributed by atoms with Crippen LogP contribution in [0.5, 0.6) is 0 Å². The highest BCUT2D eigenvalue weighted by atomic mass is 16.5. The van der Waals surface area contributed by atoms with E-state index < -0.39 is 0 Å². The van der Waals surface area contributed by atoms with Gasteiger partial charge in [0.15, 0.2) is 5.69 Å². The van der Waals surface area contributed by atoms with Gasteiger partial charge in [0.2, 0.25) is 5.89 Å². The van der Waals surface area contributed by atoms with Crippen LogP contribution in [-0.2, 0) is 17.8 Å². The standard InChI is InChI=1S/C25H38N4O3/c1-18(2)21(5)29(15-22-14-19(3)6-7-20(22)4)16-24-27-23(17-32-24)25(30)26-8-9-28-10-12-31-13-11-28/h6-7,14,17-18,21H,8-13,15-16H2,1-5H3,(H,26,30)/t21-/m0/s1. The van der Waals surface area contributed by atoms with Crippen molar-refractivity contribution in [2.24, 2.45) is 5.92 Å². The van der Waals surface area contributed by atoms with Gasteiger partial charge in [-0.2, -0.15) is 0 Å². The molecule has 7 nitrogen and oxygen atoms in total. The average molecular weight is 443 g/mol. The summed E-state index contributed by atoms with van der Waals surface area (Å²) in [5.41, 5.74) is 4.19. The topological polar surface area (TPSA) is 70.8 Å². The van der Waals surface area contributed by atoms with E-state index in [4.69, 9.17) is 9.15 Å². The van der Waals surface area contributed by atoms with E-state index in [2.05, 4.69) is 72.9 Å². The van der Waals surface area contributed by atoms with E-state index in [1.165, 1.54) is 23.0 Å². The Balaban J connectivity index is 1.60. The minimum atomic E-state index is -0.189. The molecule has 1 fully saturated rings. The van der Waals surface area contributed by atoms with Crippen molar-refractivity contribution >= 4 is 5.91 Å². The van der Waals surface area contributed by atoms with Crippen molar-refractivity contribution in [2.75, 3.05) is 39.4 Å². The zero-order valence-electron chi connectivity index (χ0n) is 20.2. The van der Waals surface area contributed by atoms with Gasteiger partial charge in [0.25, 0.3) is 5.91 Å². The lowest BCUT2D eigenvalue weighted by atomic mass is 10.0. The van der Waals surface area contributed by atoms with Crippen molar-refractivity contribution in [3.63, 3.8) is 0 Å². The van der Waals surface area contributed by atoms with E-state index in [0.717, 1.165) is 39.4 Å². The second-order valence-electron chi connectivity index (χ2n) is 9.16. The first-order valence-corrected chi connectivity index (χ1v) is 11.7. The van der Waals surface area contributed by atoms with Crippen LogP contribution >= 0.6 is 0 Å². The molecule has 176 valence electrons. The van der Waals surface area contributed by atoms with Crippen molar-refractivity contribution in [1.29, 1.82) is 0 Å². The predicted molar refractivity (Wildman–Crippen MR) is 126 cm³/mol. The fourth-order valence-electron chi connectivity index (χ4n) is 3.86. The molecule has 0 radical (unpaired) electrons. The van der Waals surface area contributed by atoms with Crippen molar-refractivity contribution in [1.82, 2.24) is 20.1 Å². The number of carbonyl (C=O) groups excluding carboxylic acids is 1. The summed E-state index contributed by atoms with van der Waals surface area (Å²) in [5, 5.41) is 2.95. The first-order valence-electron chi connectivity index (χ1n) is 11.7. The maximum atomic E-state index is 12.5. The fourth-order valence-corrected chi connectivity index (χ4v) is 3.86. The van der Waals surface area contributed by atoms with Gasteiger partial charge in [0.05, 0.1) is 19.8 Å². The first kappa shape index (κ1) is 24.4. The zero-order chi connectivity index (χ0) is 23.1. The number of rotatable bonds is 10. The number of nitrogens with zero attached hydrogens (tertiary/aromatic N) is 3. The lowest BCUT2D eigenvalue weighted by Gasteiger charge is -2.31. The number of morpholine rings is 1. The molecule has 0 bridgehead atoms. The van der Waals surface area contributed by atoms with Crippen LogP contribution in [0.3, 0.4) is 0 Å². The van der Waals surface area contributed by atoms with E-state index in [-0.39, 0.29) is 5.91 Å². The number of carbonyl (C=O) groups is 1. The Morgan fingerprint density at radius 2 is 1.94 bits per heavy atom. The van der Waals surface area contributed by atoms with Crippen LogP contribution < -0.4 is 5.32 Å². The molecule has 2 aromatic rings. The molecule has 1 aliphatic heterocycles. The molecule has 3 rings (SSSR count). The molecule has 1 aromatic heterocycles. The molecule has 0 aliphatic carbocycles. The quantitative estimate of drug-likeness (QED) is 0.608.